The van der Waals surface area contributed by atoms with Crippen LogP contribution in [0.4, 0.5) is 13.2 Å². The Morgan fingerprint density at radius 1 is 0.821 bits per heavy atom. The van der Waals surface area contributed by atoms with E-state index in [0.717, 1.165) is 61.6 Å². The summed E-state index contributed by atoms with van der Waals surface area (Å²) in [5.41, 5.74) is 5.48. The van der Waals surface area contributed by atoms with Gasteiger partial charge in [-0.15, -0.1) is 0 Å². The normalized spacial score (nSPS) is 20.8. The summed E-state index contributed by atoms with van der Waals surface area (Å²) in [4.78, 5) is 0. The van der Waals surface area contributed by atoms with E-state index in [9.17, 15) is 4.39 Å². The zero-order valence-corrected chi connectivity index (χ0v) is 22.9. The predicted molar refractivity (Wildman–Crippen MR) is 150 cm³/mol. The second-order valence-corrected chi connectivity index (χ2v) is 11.7. The number of hydrogen-bond donors (Lipinski definition) is 0. The van der Waals surface area contributed by atoms with Gasteiger partial charge in [0.05, 0.1) is 5.56 Å². The molecule has 0 bridgehead atoms. The predicted octanol–water partition coefficient (Wildman–Crippen LogP) is 9.50. The summed E-state index contributed by atoms with van der Waals surface area (Å²) in [7, 11) is 0. The molecule has 3 aromatic rings. The Morgan fingerprint density at radius 2 is 1.51 bits per heavy atom. The molecule has 1 nitrogen and oxygen atoms in total. The lowest BCUT2D eigenvalue weighted by Crippen LogP contribution is -2.20. The summed E-state index contributed by atoms with van der Waals surface area (Å²) >= 11 is 0. The third-order valence-electron chi connectivity index (χ3n) is 9.16. The fraction of sp³-hybridized carbons (Fsp3) is 0.457. The zero-order valence-electron chi connectivity index (χ0n) is 22.9. The topological polar surface area (TPSA) is 23.8 Å². The molecule has 1 fully saturated rings. The van der Waals surface area contributed by atoms with Crippen LogP contribution in [0.5, 0.6) is 0 Å². The number of fused-ring (bicyclic) bond motifs is 1. The second kappa shape index (κ2) is 12.4. The van der Waals surface area contributed by atoms with Gasteiger partial charge in [-0.1, -0.05) is 43.7 Å². The Labute approximate surface area is 231 Å². The van der Waals surface area contributed by atoms with Crippen LogP contribution in [0.15, 0.2) is 48.5 Å². The van der Waals surface area contributed by atoms with Gasteiger partial charge in [0.25, 0.3) is 0 Å². The van der Waals surface area contributed by atoms with Crippen LogP contribution in [0.3, 0.4) is 0 Å². The minimum atomic E-state index is -0.498. The lowest BCUT2D eigenvalue weighted by Gasteiger charge is -2.32. The first-order valence-corrected chi connectivity index (χ1v) is 14.7. The molecule has 0 aliphatic heterocycles. The molecule has 0 spiro atoms. The average Bonchev–Trinajstić information content (AvgIpc) is 2.95. The molecule has 0 N–H and O–H groups in total. The van der Waals surface area contributed by atoms with Crippen LogP contribution in [0, 0.1) is 34.7 Å². The molecule has 1 unspecified atom stereocenters. The van der Waals surface area contributed by atoms with Crippen molar-refractivity contribution >= 4 is 0 Å². The molecule has 3 aromatic carbocycles. The number of aryl methyl sites for hydroxylation is 2. The SMILES string of the molecule is CCCCc1ccc(CCC2CCc3c(cc(F)c(C4CCC(c5ccc(C#N)c(F)c5)CC4)c3F)C2)cc1. The molecule has 0 saturated heterocycles. The molecule has 0 heterocycles. The van der Waals surface area contributed by atoms with Crippen molar-refractivity contribution in [3.8, 4) is 6.07 Å². The van der Waals surface area contributed by atoms with Crippen molar-refractivity contribution in [3.63, 3.8) is 0 Å². The van der Waals surface area contributed by atoms with Gasteiger partial charge in [-0.05, 0) is 134 Å². The summed E-state index contributed by atoms with van der Waals surface area (Å²) < 4.78 is 45.2. The highest BCUT2D eigenvalue weighted by molar-refractivity contribution is 5.40. The average molecular weight is 530 g/mol. The number of unbranched alkanes of at least 4 members (excludes halogenated alkanes) is 1. The molecule has 2 aliphatic carbocycles. The molecule has 4 heteroatoms. The van der Waals surface area contributed by atoms with Gasteiger partial charge in [0.15, 0.2) is 0 Å². The summed E-state index contributed by atoms with van der Waals surface area (Å²) in [6.45, 7) is 2.21. The molecule has 0 amide bonds. The minimum Gasteiger partial charge on any atom is -0.207 e. The van der Waals surface area contributed by atoms with Crippen LogP contribution in [-0.2, 0) is 25.7 Å². The summed E-state index contributed by atoms with van der Waals surface area (Å²) in [5, 5.41) is 8.97. The molecule has 5 rings (SSSR count). The van der Waals surface area contributed by atoms with E-state index in [1.807, 2.05) is 12.1 Å². The first-order chi connectivity index (χ1) is 19.0. The van der Waals surface area contributed by atoms with E-state index in [0.29, 0.717) is 25.2 Å². The Balaban J connectivity index is 1.20. The molecule has 0 radical (unpaired) electrons. The maximum atomic E-state index is 15.7. The summed E-state index contributed by atoms with van der Waals surface area (Å²) in [5.74, 6) is -0.762. The van der Waals surface area contributed by atoms with Crippen molar-refractivity contribution in [1.82, 2.24) is 0 Å². The Bertz CT molecular complexity index is 1330. The fourth-order valence-corrected chi connectivity index (χ4v) is 6.78. The van der Waals surface area contributed by atoms with Gasteiger partial charge in [-0.3, -0.25) is 0 Å². The van der Waals surface area contributed by atoms with E-state index >= 15 is 8.78 Å². The highest BCUT2D eigenvalue weighted by Gasteiger charge is 2.31. The lowest BCUT2D eigenvalue weighted by molar-refractivity contribution is 0.369. The quantitative estimate of drug-likeness (QED) is 0.285. The smallest absolute Gasteiger partial charge is 0.141 e. The van der Waals surface area contributed by atoms with E-state index in [-0.39, 0.29) is 28.8 Å². The molecule has 39 heavy (non-hydrogen) atoms. The number of halogens is 3. The van der Waals surface area contributed by atoms with Gasteiger partial charge in [0, 0.05) is 5.56 Å². The van der Waals surface area contributed by atoms with E-state index < -0.39 is 11.6 Å². The lowest BCUT2D eigenvalue weighted by atomic mass is 9.74. The third-order valence-corrected chi connectivity index (χ3v) is 9.16. The van der Waals surface area contributed by atoms with Crippen molar-refractivity contribution in [3.05, 3.63) is 105 Å². The van der Waals surface area contributed by atoms with Crippen LogP contribution < -0.4 is 0 Å². The van der Waals surface area contributed by atoms with Gasteiger partial charge in [-0.25, -0.2) is 13.2 Å². The maximum Gasteiger partial charge on any atom is 0.141 e. The highest BCUT2D eigenvalue weighted by atomic mass is 19.1. The molecular weight excluding hydrogens is 491 g/mol. The van der Waals surface area contributed by atoms with Crippen LogP contribution in [0.2, 0.25) is 0 Å². The van der Waals surface area contributed by atoms with Crippen molar-refractivity contribution in [2.75, 3.05) is 0 Å². The van der Waals surface area contributed by atoms with Crippen LogP contribution in [0.25, 0.3) is 0 Å². The van der Waals surface area contributed by atoms with Gasteiger partial charge in [0.2, 0.25) is 0 Å². The summed E-state index contributed by atoms with van der Waals surface area (Å²) in [6.07, 6.45) is 10.8. The van der Waals surface area contributed by atoms with E-state index in [2.05, 4.69) is 31.2 Å². The van der Waals surface area contributed by atoms with E-state index in [4.69, 9.17) is 5.26 Å². The fourth-order valence-electron chi connectivity index (χ4n) is 6.78. The largest absolute Gasteiger partial charge is 0.207 e. The van der Waals surface area contributed by atoms with E-state index in [1.165, 1.54) is 36.1 Å². The van der Waals surface area contributed by atoms with Gasteiger partial charge >= 0.3 is 0 Å². The number of nitrogens with zero attached hydrogens (tertiary/aromatic N) is 1. The van der Waals surface area contributed by atoms with Crippen molar-refractivity contribution in [2.24, 2.45) is 5.92 Å². The number of hydrogen-bond acceptors (Lipinski definition) is 1. The monoisotopic (exact) mass is 529 g/mol. The van der Waals surface area contributed by atoms with Crippen LogP contribution in [0.1, 0.15) is 109 Å². The molecule has 2 aliphatic rings. The molecule has 1 atom stereocenters. The zero-order chi connectivity index (χ0) is 27.4. The molecule has 1 saturated carbocycles. The Kier molecular flexibility index (Phi) is 8.75. The summed E-state index contributed by atoms with van der Waals surface area (Å²) in [6, 6.07) is 17.2. The van der Waals surface area contributed by atoms with Crippen LogP contribution >= 0.6 is 0 Å². The van der Waals surface area contributed by atoms with E-state index in [1.54, 1.807) is 6.07 Å². The van der Waals surface area contributed by atoms with Gasteiger partial charge in [-0.2, -0.15) is 5.26 Å². The molecular formula is C35H38F3N. The number of benzene rings is 3. The first-order valence-electron chi connectivity index (χ1n) is 14.7. The Hall–Kier alpha value is -3.06. The third kappa shape index (κ3) is 6.24. The minimum absolute atomic E-state index is 0.0457. The van der Waals surface area contributed by atoms with Crippen molar-refractivity contribution < 1.29 is 13.2 Å². The number of rotatable bonds is 8. The molecule has 204 valence electrons. The second-order valence-electron chi connectivity index (χ2n) is 11.7. The standard InChI is InChI=1S/C35H38F3N/c1-2-3-4-23-5-7-24(8-6-23)9-10-25-11-18-31-30(19-25)21-33(37)34(35(31)38)27-14-12-26(13-15-27)28-16-17-29(22-39)32(36)20-28/h5-8,16-17,20-21,25-27H,2-4,9-15,18-19H2,1H3. The Morgan fingerprint density at radius 3 is 2.18 bits per heavy atom. The van der Waals surface area contributed by atoms with Crippen molar-refractivity contribution in [2.45, 2.75) is 95.8 Å². The number of nitriles is 1. The van der Waals surface area contributed by atoms with Crippen molar-refractivity contribution in [1.29, 1.82) is 5.26 Å². The molecule has 0 aromatic heterocycles. The van der Waals surface area contributed by atoms with Crippen LogP contribution in [-0.4, -0.2) is 0 Å². The van der Waals surface area contributed by atoms with Gasteiger partial charge in [0.1, 0.15) is 23.5 Å². The first kappa shape index (κ1) is 27.5. The maximum absolute atomic E-state index is 15.7. The van der Waals surface area contributed by atoms with Gasteiger partial charge < -0.3 is 0 Å². The highest BCUT2D eigenvalue weighted by Crippen LogP contribution is 2.44.